The lowest BCUT2D eigenvalue weighted by Gasteiger charge is -2.28. The number of hydrogen-bond donors (Lipinski definition) is 0. The van der Waals surface area contributed by atoms with E-state index in [9.17, 15) is 0 Å². The molecule has 0 radical (unpaired) electrons. The standard InChI is InChI=1S/C40H84N2O4S4Si2/c1-3-5-7-9-11-13-15-17-31-43-37-45-39-23-19-35-51-41(29-25-39)27-21-33-47-49-50-48-34-22-28-42-30-26-40(24-20-36-52-42)46-38-44-32-18-16-14-12-10-8-6-4-2/h39-40H,3-38,51-52H2,1-2H3. The van der Waals surface area contributed by atoms with Crippen molar-refractivity contribution >= 4 is 60.6 Å². The highest BCUT2D eigenvalue weighted by atomic mass is 33.7. The Morgan fingerprint density at radius 1 is 0.500 bits per heavy atom. The van der Waals surface area contributed by atoms with E-state index >= 15 is 0 Å². The second-order valence-electron chi connectivity index (χ2n) is 15.3. The van der Waals surface area contributed by atoms with Crippen LogP contribution < -0.4 is 0 Å². The summed E-state index contributed by atoms with van der Waals surface area (Å²) in [5.41, 5.74) is 0. The molecule has 2 atom stereocenters. The molecule has 0 bridgehead atoms. The first kappa shape index (κ1) is 49.7. The zero-order chi connectivity index (χ0) is 36.8. The van der Waals surface area contributed by atoms with E-state index in [0.29, 0.717) is 25.8 Å². The van der Waals surface area contributed by atoms with Gasteiger partial charge in [-0.1, -0.05) is 138 Å². The summed E-state index contributed by atoms with van der Waals surface area (Å²) in [7, 11) is 7.98. The molecular weight excluding hydrogens is 757 g/mol. The van der Waals surface area contributed by atoms with Crippen LogP contribution in [0.5, 0.6) is 0 Å². The normalized spacial score (nSPS) is 20.7. The lowest BCUT2D eigenvalue weighted by Crippen LogP contribution is -2.34. The molecule has 0 spiro atoms. The molecule has 0 saturated carbocycles. The smallest absolute Gasteiger partial charge is 0.147 e. The molecule has 2 aliphatic heterocycles. The first-order valence-electron chi connectivity index (χ1n) is 22.2. The maximum absolute atomic E-state index is 6.17. The monoisotopic (exact) mass is 840 g/mol. The molecule has 2 rings (SSSR count). The van der Waals surface area contributed by atoms with Crippen LogP contribution in [-0.2, 0) is 18.9 Å². The summed E-state index contributed by atoms with van der Waals surface area (Å²) in [6, 6.07) is 2.88. The average molecular weight is 842 g/mol. The van der Waals surface area contributed by atoms with E-state index in [1.54, 1.807) is 0 Å². The van der Waals surface area contributed by atoms with Crippen LogP contribution in [0.25, 0.3) is 0 Å². The van der Waals surface area contributed by atoms with Crippen LogP contribution in [0, 0.1) is 0 Å². The SMILES string of the molecule is CCCCCCCCCCOCOC1CCC[SiH2]N(CCCSSSSCCCN2CCC(OCOCCCCCCCCCC)CCC[SiH2]2)CC1. The highest BCUT2D eigenvalue weighted by Crippen LogP contribution is 2.43. The quantitative estimate of drug-likeness (QED) is 0.0267. The molecule has 2 fully saturated rings. The summed E-state index contributed by atoms with van der Waals surface area (Å²) in [5.74, 6) is 2.53. The molecule has 0 aromatic carbocycles. The molecule has 52 heavy (non-hydrogen) atoms. The van der Waals surface area contributed by atoms with E-state index in [1.165, 1.54) is 204 Å². The fourth-order valence-corrected chi connectivity index (χ4v) is 17.0. The van der Waals surface area contributed by atoms with Gasteiger partial charge in [-0.05, 0) is 109 Å². The number of nitrogens with zero attached hydrogens (tertiary/aromatic N) is 2. The van der Waals surface area contributed by atoms with Gasteiger partial charge < -0.3 is 28.1 Å². The average Bonchev–Trinajstić information content (AvgIpc) is 3.13. The summed E-state index contributed by atoms with van der Waals surface area (Å²) in [4.78, 5) is 0. The van der Waals surface area contributed by atoms with Crippen LogP contribution in [0.4, 0.5) is 0 Å². The zero-order valence-corrected chi connectivity index (χ0v) is 40.3. The molecule has 2 heterocycles. The molecule has 0 aromatic heterocycles. The second-order valence-corrected chi connectivity index (χ2v) is 25.7. The van der Waals surface area contributed by atoms with Gasteiger partial charge in [-0.15, -0.1) is 0 Å². The van der Waals surface area contributed by atoms with Crippen LogP contribution >= 0.6 is 41.2 Å². The van der Waals surface area contributed by atoms with Crippen LogP contribution in [0.1, 0.15) is 168 Å². The predicted molar refractivity (Wildman–Crippen MR) is 243 cm³/mol. The van der Waals surface area contributed by atoms with Gasteiger partial charge in [0.1, 0.15) is 13.6 Å². The van der Waals surface area contributed by atoms with Gasteiger partial charge >= 0.3 is 0 Å². The van der Waals surface area contributed by atoms with E-state index in [1.807, 2.05) is 19.7 Å². The van der Waals surface area contributed by atoms with Gasteiger partial charge in [0.15, 0.2) is 0 Å². The lowest BCUT2D eigenvalue weighted by molar-refractivity contribution is -0.0956. The van der Waals surface area contributed by atoms with Crippen molar-refractivity contribution in [3.63, 3.8) is 0 Å². The number of unbranched alkanes of at least 4 members (excludes halogenated alkanes) is 14. The van der Waals surface area contributed by atoms with E-state index in [0.717, 1.165) is 13.2 Å². The zero-order valence-electron chi connectivity index (χ0n) is 34.2. The maximum Gasteiger partial charge on any atom is 0.147 e. The van der Waals surface area contributed by atoms with Gasteiger partial charge in [0.25, 0.3) is 0 Å². The summed E-state index contributed by atoms with van der Waals surface area (Å²) in [6.07, 6.45) is 32.5. The molecule has 0 aromatic rings. The minimum atomic E-state index is -0.0737. The molecule has 0 N–H and O–H groups in total. The Bertz CT molecular complexity index is 685. The van der Waals surface area contributed by atoms with E-state index < -0.39 is 0 Å². The van der Waals surface area contributed by atoms with E-state index in [4.69, 9.17) is 18.9 Å². The Morgan fingerprint density at radius 2 is 0.904 bits per heavy atom. The number of ether oxygens (including phenoxy) is 4. The Labute approximate surface area is 343 Å². The van der Waals surface area contributed by atoms with Crippen molar-refractivity contribution in [1.29, 1.82) is 0 Å². The molecule has 12 heteroatoms. The summed E-state index contributed by atoms with van der Waals surface area (Å²) < 4.78 is 29.7. The lowest BCUT2D eigenvalue weighted by atomic mass is 10.1. The van der Waals surface area contributed by atoms with Gasteiger partial charge in [-0.2, -0.15) is 0 Å². The Kier molecular flexibility index (Phi) is 37.7. The second kappa shape index (κ2) is 39.4. The summed E-state index contributed by atoms with van der Waals surface area (Å²) >= 11 is 0. The largest absolute Gasteiger partial charge is 0.355 e. The molecule has 0 aliphatic carbocycles. The molecular formula is C40H84N2O4S4Si2. The Balaban J connectivity index is 1.36. The molecule has 0 amide bonds. The van der Waals surface area contributed by atoms with Crippen molar-refractivity contribution in [3.8, 4) is 0 Å². The summed E-state index contributed by atoms with van der Waals surface area (Å²) in [6.45, 7) is 12.3. The van der Waals surface area contributed by atoms with Crippen molar-refractivity contribution in [2.45, 2.75) is 192 Å². The summed E-state index contributed by atoms with van der Waals surface area (Å²) in [5, 5.41) is 0. The van der Waals surface area contributed by atoms with Gasteiger partial charge in [0, 0.05) is 24.7 Å². The van der Waals surface area contributed by atoms with Gasteiger partial charge in [0.2, 0.25) is 0 Å². The third-order valence-corrected chi connectivity index (χ3v) is 21.4. The van der Waals surface area contributed by atoms with Gasteiger partial charge in [0.05, 0.1) is 31.6 Å². The first-order chi connectivity index (χ1) is 25.8. The van der Waals surface area contributed by atoms with Crippen LogP contribution in [0.2, 0.25) is 12.1 Å². The molecule has 2 aliphatic rings. The van der Waals surface area contributed by atoms with Crippen molar-refractivity contribution < 1.29 is 18.9 Å². The van der Waals surface area contributed by atoms with Crippen molar-refractivity contribution in [2.75, 3.05) is 64.5 Å². The fraction of sp³-hybridized carbons (Fsp3) is 1.00. The first-order valence-corrected chi connectivity index (χ1v) is 30.6. The molecule has 2 unspecified atom stereocenters. The molecule has 2 saturated heterocycles. The van der Waals surface area contributed by atoms with Crippen LogP contribution in [0.15, 0.2) is 0 Å². The number of rotatable bonds is 35. The van der Waals surface area contributed by atoms with E-state index in [-0.39, 0.29) is 19.4 Å². The minimum Gasteiger partial charge on any atom is -0.355 e. The van der Waals surface area contributed by atoms with Crippen molar-refractivity contribution in [1.82, 2.24) is 9.13 Å². The van der Waals surface area contributed by atoms with Crippen LogP contribution in [0.3, 0.4) is 0 Å². The number of hydrogen-bond acceptors (Lipinski definition) is 10. The molecule has 6 nitrogen and oxygen atoms in total. The third kappa shape index (κ3) is 31.7. The van der Waals surface area contributed by atoms with Gasteiger partial charge in [-0.25, -0.2) is 0 Å². The third-order valence-electron chi connectivity index (χ3n) is 10.6. The van der Waals surface area contributed by atoms with Crippen molar-refractivity contribution in [3.05, 3.63) is 0 Å². The fourth-order valence-electron chi connectivity index (χ4n) is 7.24. The van der Waals surface area contributed by atoms with Gasteiger partial charge in [-0.3, -0.25) is 0 Å². The Hall–Kier alpha value is 1.59. The minimum absolute atomic E-state index is 0.0737. The van der Waals surface area contributed by atoms with Crippen LogP contribution in [-0.4, -0.2) is 105 Å². The van der Waals surface area contributed by atoms with E-state index in [2.05, 4.69) is 44.6 Å². The molecule has 310 valence electrons. The maximum atomic E-state index is 6.17. The topological polar surface area (TPSA) is 43.4 Å². The predicted octanol–water partition coefficient (Wildman–Crippen LogP) is 11.4. The highest BCUT2D eigenvalue weighted by Gasteiger charge is 2.17. The van der Waals surface area contributed by atoms with Crippen molar-refractivity contribution in [2.24, 2.45) is 0 Å². The Morgan fingerprint density at radius 3 is 1.33 bits per heavy atom. The highest BCUT2D eigenvalue weighted by molar-refractivity contribution is 9.26.